The molecule has 0 atom stereocenters. The monoisotopic (exact) mass is 342 g/mol. The van der Waals surface area contributed by atoms with E-state index in [9.17, 15) is 9.59 Å². The third kappa shape index (κ3) is 4.14. The Morgan fingerprint density at radius 3 is 2.45 bits per heavy atom. The average Bonchev–Trinajstić information content (AvgIpc) is 2.45. The number of rotatable bonds is 3. The molecule has 22 heavy (non-hydrogen) atoms. The normalized spacial score (nSPS) is 15.7. The number of amides is 2. The highest BCUT2D eigenvalue weighted by Crippen LogP contribution is 2.29. The number of hydrogen-bond acceptors (Lipinski definition) is 2. The molecule has 0 saturated carbocycles. The third-order valence-electron chi connectivity index (χ3n) is 4.01. The maximum atomic E-state index is 12.4. The van der Waals surface area contributed by atoms with Gasteiger partial charge in [-0.15, -0.1) is 0 Å². The van der Waals surface area contributed by atoms with Crippen molar-refractivity contribution in [1.82, 2.24) is 4.90 Å². The minimum absolute atomic E-state index is 0.00503. The molecule has 1 aliphatic rings. The predicted octanol–water partition coefficient (Wildman–Crippen LogP) is 3.60. The Labute approximate surface area is 141 Å². The van der Waals surface area contributed by atoms with Gasteiger partial charge in [0.2, 0.25) is 11.8 Å². The summed E-state index contributed by atoms with van der Waals surface area (Å²) in [5.41, 5.74) is 0.511. The number of hydrogen-bond donors (Lipinski definition) is 0. The van der Waals surface area contributed by atoms with Crippen molar-refractivity contribution in [3.63, 3.8) is 0 Å². The van der Waals surface area contributed by atoms with E-state index in [4.69, 9.17) is 23.2 Å². The molecule has 0 aliphatic carbocycles. The van der Waals surface area contributed by atoms with Crippen LogP contribution in [0.25, 0.3) is 0 Å². The van der Waals surface area contributed by atoms with Crippen LogP contribution in [0.5, 0.6) is 0 Å². The lowest BCUT2D eigenvalue weighted by atomic mass is 9.99. The molecule has 1 heterocycles. The summed E-state index contributed by atoms with van der Waals surface area (Å²) in [6.45, 7) is 5.12. The molecule has 2 rings (SSSR count). The van der Waals surface area contributed by atoms with Crippen molar-refractivity contribution in [1.29, 1.82) is 0 Å². The van der Waals surface area contributed by atoms with E-state index >= 15 is 0 Å². The van der Waals surface area contributed by atoms with E-state index < -0.39 is 0 Å². The van der Waals surface area contributed by atoms with Crippen LogP contribution in [-0.4, -0.2) is 36.3 Å². The van der Waals surface area contributed by atoms with Gasteiger partial charge in [0.05, 0.1) is 10.7 Å². The number of carbonyl (C=O) groups excluding carboxylic acids is 2. The molecule has 1 fully saturated rings. The fourth-order valence-electron chi connectivity index (χ4n) is 2.56. The summed E-state index contributed by atoms with van der Waals surface area (Å²) in [4.78, 5) is 27.6. The van der Waals surface area contributed by atoms with E-state index in [0.717, 1.165) is 25.9 Å². The van der Waals surface area contributed by atoms with Crippen LogP contribution >= 0.6 is 23.2 Å². The van der Waals surface area contributed by atoms with Gasteiger partial charge < -0.3 is 9.80 Å². The zero-order valence-electron chi connectivity index (χ0n) is 12.8. The molecule has 0 bridgehead atoms. The van der Waals surface area contributed by atoms with Crippen molar-refractivity contribution in [2.75, 3.05) is 24.5 Å². The molecular formula is C16H20Cl2N2O2. The van der Waals surface area contributed by atoms with Gasteiger partial charge in [-0.25, -0.2) is 0 Å². The number of anilines is 1. The van der Waals surface area contributed by atoms with E-state index in [1.807, 2.05) is 4.90 Å². The third-order valence-corrected chi connectivity index (χ3v) is 4.55. The van der Waals surface area contributed by atoms with Crippen LogP contribution in [-0.2, 0) is 9.59 Å². The summed E-state index contributed by atoms with van der Waals surface area (Å²) >= 11 is 12.0. The molecule has 120 valence electrons. The first-order valence-corrected chi connectivity index (χ1v) is 8.15. The van der Waals surface area contributed by atoms with Crippen LogP contribution in [0.3, 0.4) is 0 Å². The van der Waals surface area contributed by atoms with Crippen molar-refractivity contribution < 1.29 is 9.59 Å². The Kier molecular flexibility index (Phi) is 5.70. The van der Waals surface area contributed by atoms with Gasteiger partial charge in [0, 0.05) is 25.0 Å². The smallest absolute Gasteiger partial charge is 0.242 e. The second-order valence-corrected chi connectivity index (χ2v) is 6.61. The molecule has 4 nitrogen and oxygen atoms in total. The Balaban J connectivity index is 2.12. The lowest BCUT2D eigenvalue weighted by molar-refractivity contribution is -0.132. The van der Waals surface area contributed by atoms with E-state index in [1.165, 1.54) is 11.8 Å². The minimum atomic E-state index is -0.219. The van der Waals surface area contributed by atoms with Gasteiger partial charge >= 0.3 is 0 Å². The lowest BCUT2D eigenvalue weighted by Gasteiger charge is -2.32. The Hall–Kier alpha value is -1.26. The number of piperidine rings is 1. The van der Waals surface area contributed by atoms with Crippen molar-refractivity contribution >= 4 is 40.7 Å². The van der Waals surface area contributed by atoms with Crippen LogP contribution in [0.1, 0.15) is 26.7 Å². The van der Waals surface area contributed by atoms with Crippen molar-refractivity contribution in [3.05, 3.63) is 28.2 Å². The van der Waals surface area contributed by atoms with E-state index in [-0.39, 0.29) is 18.4 Å². The highest BCUT2D eigenvalue weighted by atomic mass is 35.5. The summed E-state index contributed by atoms with van der Waals surface area (Å²) in [5.74, 6) is 0.384. The number of carbonyl (C=O) groups is 2. The van der Waals surface area contributed by atoms with Crippen LogP contribution in [0, 0.1) is 5.92 Å². The fraction of sp³-hybridized carbons (Fsp3) is 0.500. The van der Waals surface area contributed by atoms with Crippen molar-refractivity contribution in [3.8, 4) is 0 Å². The number of nitrogens with zero attached hydrogens (tertiary/aromatic N) is 2. The highest BCUT2D eigenvalue weighted by molar-refractivity contribution is 6.36. The minimum Gasteiger partial charge on any atom is -0.341 e. The molecule has 1 aliphatic heterocycles. The van der Waals surface area contributed by atoms with E-state index in [2.05, 4.69) is 6.92 Å². The van der Waals surface area contributed by atoms with Gasteiger partial charge in [-0.1, -0.05) is 30.1 Å². The molecule has 0 N–H and O–H groups in total. The predicted molar refractivity (Wildman–Crippen MR) is 89.5 cm³/mol. The largest absolute Gasteiger partial charge is 0.341 e. The number of likely N-dealkylation sites (tertiary alicyclic amines) is 1. The van der Waals surface area contributed by atoms with Crippen LogP contribution in [0.4, 0.5) is 5.69 Å². The lowest BCUT2D eigenvalue weighted by Crippen LogP contribution is -2.45. The first-order chi connectivity index (χ1) is 10.4. The average molecular weight is 343 g/mol. The standard InChI is InChI=1S/C16H20Cl2N2O2/c1-11-5-7-19(8-6-11)16(22)10-20(12(2)21)15-4-3-13(17)9-14(15)18/h3-4,9,11H,5-8,10H2,1-2H3. The van der Waals surface area contributed by atoms with E-state index in [1.54, 1.807) is 18.2 Å². The van der Waals surface area contributed by atoms with Crippen molar-refractivity contribution in [2.45, 2.75) is 26.7 Å². The Morgan fingerprint density at radius 2 is 1.91 bits per heavy atom. The van der Waals surface area contributed by atoms with Gasteiger partial charge in [-0.2, -0.15) is 0 Å². The molecule has 1 aromatic rings. The Bertz CT molecular complexity index is 569. The quantitative estimate of drug-likeness (QED) is 0.841. The molecule has 2 amide bonds. The van der Waals surface area contributed by atoms with E-state index in [0.29, 0.717) is 21.7 Å². The zero-order chi connectivity index (χ0) is 16.3. The zero-order valence-corrected chi connectivity index (χ0v) is 14.3. The highest BCUT2D eigenvalue weighted by Gasteiger charge is 2.24. The van der Waals surface area contributed by atoms with Gasteiger partial charge in [0.25, 0.3) is 0 Å². The molecular weight excluding hydrogens is 323 g/mol. The topological polar surface area (TPSA) is 40.6 Å². The van der Waals surface area contributed by atoms with Crippen LogP contribution in [0.15, 0.2) is 18.2 Å². The van der Waals surface area contributed by atoms with Gasteiger partial charge in [0.15, 0.2) is 0 Å². The first-order valence-electron chi connectivity index (χ1n) is 7.39. The van der Waals surface area contributed by atoms with Crippen LogP contribution < -0.4 is 4.90 Å². The second-order valence-electron chi connectivity index (χ2n) is 5.76. The van der Waals surface area contributed by atoms with Gasteiger partial charge in [-0.05, 0) is 37.0 Å². The summed E-state index contributed by atoms with van der Waals surface area (Å²) in [5, 5.41) is 0.858. The molecule has 0 unspecified atom stereocenters. The summed E-state index contributed by atoms with van der Waals surface area (Å²) in [7, 11) is 0. The van der Waals surface area contributed by atoms with Crippen molar-refractivity contribution in [2.24, 2.45) is 5.92 Å². The maximum Gasteiger partial charge on any atom is 0.242 e. The summed E-state index contributed by atoms with van der Waals surface area (Å²) in [6.07, 6.45) is 2.01. The second kappa shape index (κ2) is 7.34. The molecule has 0 radical (unpaired) electrons. The molecule has 6 heteroatoms. The maximum absolute atomic E-state index is 12.4. The summed E-state index contributed by atoms with van der Waals surface area (Å²) in [6, 6.07) is 4.89. The fourth-order valence-corrected chi connectivity index (χ4v) is 3.07. The molecule has 0 aromatic heterocycles. The molecule has 1 saturated heterocycles. The number of benzene rings is 1. The van der Waals surface area contributed by atoms with Crippen LogP contribution in [0.2, 0.25) is 10.0 Å². The number of halogens is 2. The van der Waals surface area contributed by atoms with Gasteiger partial charge in [0.1, 0.15) is 6.54 Å². The SMILES string of the molecule is CC(=O)N(CC(=O)N1CCC(C)CC1)c1ccc(Cl)cc1Cl. The van der Waals surface area contributed by atoms with Gasteiger partial charge in [-0.3, -0.25) is 9.59 Å². The first kappa shape index (κ1) is 17.1. The Morgan fingerprint density at radius 1 is 1.27 bits per heavy atom. The molecule has 0 spiro atoms. The molecule has 1 aromatic carbocycles. The summed E-state index contributed by atoms with van der Waals surface area (Å²) < 4.78 is 0.